The van der Waals surface area contributed by atoms with Gasteiger partial charge < -0.3 is 20.1 Å². The summed E-state index contributed by atoms with van der Waals surface area (Å²) >= 11 is 0. The first-order valence-electron chi connectivity index (χ1n) is 11.5. The lowest BCUT2D eigenvalue weighted by Crippen LogP contribution is -2.26. The van der Waals surface area contributed by atoms with Crippen LogP contribution in [0.1, 0.15) is 48.6 Å². The van der Waals surface area contributed by atoms with E-state index in [-0.39, 0.29) is 40.7 Å². The number of phenols is 1. The Morgan fingerprint density at radius 1 is 1.00 bits per heavy atom. The van der Waals surface area contributed by atoms with Gasteiger partial charge in [-0.3, -0.25) is 9.59 Å². The van der Waals surface area contributed by atoms with Gasteiger partial charge in [0.05, 0.1) is 22.3 Å². The number of aromatic hydroxyl groups is 1. The summed E-state index contributed by atoms with van der Waals surface area (Å²) in [6.07, 6.45) is -5.00. The molecule has 1 heterocycles. The molecule has 0 atom stereocenters. The maximum atomic E-state index is 13.9. The summed E-state index contributed by atoms with van der Waals surface area (Å²) in [7, 11) is 1.43. The predicted octanol–water partition coefficient (Wildman–Crippen LogP) is 5.58. The highest BCUT2D eigenvalue weighted by atomic mass is 19.4. The minimum Gasteiger partial charge on any atom is -0.507 e. The van der Waals surface area contributed by atoms with Crippen molar-refractivity contribution in [2.45, 2.75) is 19.5 Å². The lowest BCUT2D eigenvalue weighted by atomic mass is 9.96. The van der Waals surface area contributed by atoms with Crippen molar-refractivity contribution >= 4 is 28.6 Å². The Hall–Kier alpha value is -4.60. The lowest BCUT2D eigenvalue weighted by Gasteiger charge is -2.15. The van der Waals surface area contributed by atoms with Gasteiger partial charge in [0, 0.05) is 42.6 Å². The summed E-state index contributed by atoms with van der Waals surface area (Å²) in [5, 5.41) is 22.4. The first kappa shape index (κ1) is 26.5. The third-order valence-corrected chi connectivity index (χ3v) is 6.23. The molecule has 0 aliphatic carbocycles. The first-order chi connectivity index (χ1) is 17.9. The van der Waals surface area contributed by atoms with Crippen LogP contribution in [0.25, 0.3) is 22.2 Å². The highest BCUT2D eigenvalue weighted by Gasteiger charge is 2.36. The number of benzene rings is 3. The number of hydrogen-bond donors (Lipinski definition) is 3. The Bertz CT molecular complexity index is 1590. The number of amides is 1. The van der Waals surface area contributed by atoms with Crippen LogP contribution in [-0.4, -0.2) is 39.0 Å². The largest absolute Gasteiger partial charge is 0.507 e. The van der Waals surface area contributed by atoms with Gasteiger partial charge in [0.15, 0.2) is 5.78 Å². The van der Waals surface area contributed by atoms with E-state index in [9.17, 15) is 37.8 Å². The third kappa shape index (κ3) is 4.97. The van der Waals surface area contributed by atoms with Crippen molar-refractivity contribution in [2.24, 2.45) is 7.05 Å². The van der Waals surface area contributed by atoms with E-state index in [1.54, 1.807) is 18.2 Å². The number of halogens is 3. The van der Waals surface area contributed by atoms with Crippen LogP contribution in [0, 0.1) is 6.92 Å². The molecule has 4 rings (SSSR count). The van der Waals surface area contributed by atoms with E-state index < -0.39 is 40.7 Å². The predicted molar refractivity (Wildman–Crippen MR) is 134 cm³/mol. The minimum absolute atomic E-state index is 0.0738. The summed E-state index contributed by atoms with van der Waals surface area (Å²) < 4.78 is 43.1. The number of aryl methyl sites for hydroxylation is 2. The van der Waals surface area contributed by atoms with Crippen LogP contribution in [0.5, 0.6) is 5.75 Å². The Kier molecular flexibility index (Phi) is 6.99. The number of hydrogen-bond acceptors (Lipinski definition) is 4. The second kappa shape index (κ2) is 10.0. The molecule has 0 saturated heterocycles. The zero-order chi connectivity index (χ0) is 27.8. The average Bonchev–Trinajstić information content (AvgIpc) is 3.14. The zero-order valence-electron chi connectivity index (χ0n) is 20.4. The number of aromatic carboxylic acids is 1. The number of fused-ring (bicyclic) bond motifs is 1. The van der Waals surface area contributed by atoms with Gasteiger partial charge in [0.1, 0.15) is 11.3 Å². The molecule has 1 amide bonds. The molecule has 38 heavy (non-hydrogen) atoms. The molecule has 0 aliphatic heterocycles. The van der Waals surface area contributed by atoms with Crippen LogP contribution in [-0.2, 0) is 13.2 Å². The van der Waals surface area contributed by atoms with Crippen molar-refractivity contribution in [3.8, 4) is 17.0 Å². The fraction of sp³-hybridized carbons (Fsp3) is 0.179. The quantitative estimate of drug-likeness (QED) is 0.274. The van der Waals surface area contributed by atoms with Crippen molar-refractivity contribution in [3.63, 3.8) is 0 Å². The number of carbonyl (C=O) groups is 3. The molecule has 0 saturated carbocycles. The van der Waals surface area contributed by atoms with Crippen molar-refractivity contribution in [3.05, 3.63) is 88.5 Å². The standard InChI is InChI=1S/C28H23F3N2O5/c1-15-6-5-7-16(12-15)26(36)32-11-10-22(34)24-18-13-19(27(37)38)23(35)14-21(18)33(2)25(24)17-8-3-4-9-20(17)28(29,30)31/h3-9,12-14,35H,10-11H2,1-2H3,(H,32,36)(H,37,38). The van der Waals surface area contributed by atoms with Crippen LogP contribution >= 0.6 is 0 Å². The number of carbonyl (C=O) groups excluding carboxylic acids is 2. The van der Waals surface area contributed by atoms with Crippen molar-refractivity contribution in [1.82, 2.24) is 9.88 Å². The molecular formula is C28H23F3N2O5. The topological polar surface area (TPSA) is 109 Å². The summed E-state index contributed by atoms with van der Waals surface area (Å²) in [6, 6.07) is 13.8. The summed E-state index contributed by atoms with van der Waals surface area (Å²) in [5.74, 6) is -3.07. The molecule has 0 radical (unpaired) electrons. The van der Waals surface area contributed by atoms with E-state index >= 15 is 0 Å². The fourth-order valence-corrected chi connectivity index (χ4v) is 4.48. The maximum absolute atomic E-state index is 13.9. The molecule has 1 aromatic heterocycles. The van der Waals surface area contributed by atoms with Gasteiger partial charge >= 0.3 is 12.1 Å². The van der Waals surface area contributed by atoms with Crippen LogP contribution in [0.3, 0.4) is 0 Å². The van der Waals surface area contributed by atoms with Crippen LogP contribution < -0.4 is 5.32 Å². The number of carboxylic acids is 1. The number of alkyl halides is 3. The van der Waals surface area contributed by atoms with Gasteiger partial charge in [-0.05, 0) is 31.2 Å². The fourth-order valence-electron chi connectivity index (χ4n) is 4.48. The van der Waals surface area contributed by atoms with Crippen LogP contribution in [0.4, 0.5) is 13.2 Å². The Balaban J connectivity index is 1.81. The normalized spacial score (nSPS) is 11.5. The number of Topliss-reactive ketones (excluding diaryl/α,β-unsaturated/α-hetero) is 1. The molecule has 3 aromatic carbocycles. The van der Waals surface area contributed by atoms with Gasteiger partial charge in [-0.15, -0.1) is 0 Å². The molecule has 0 unspecified atom stereocenters. The second-order valence-corrected chi connectivity index (χ2v) is 8.82. The highest BCUT2D eigenvalue weighted by Crippen LogP contribution is 2.42. The molecule has 0 fully saturated rings. The molecule has 0 bridgehead atoms. The molecule has 3 N–H and O–H groups in total. The molecule has 0 aliphatic rings. The molecule has 0 spiro atoms. The molecule has 7 nitrogen and oxygen atoms in total. The van der Waals surface area contributed by atoms with E-state index in [1.807, 2.05) is 13.0 Å². The zero-order valence-corrected chi connectivity index (χ0v) is 20.4. The highest BCUT2D eigenvalue weighted by molar-refractivity contribution is 6.15. The van der Waals surface area contributed by atoms with Crippen molar-refractivity contribution in [1.29, 1.82) is 0 Å². The average molecular weight is 524 g/mol. The van der Waals surface area contributed by atoms with Crippen molar-refractivity contribution in [2.75, 3.05) is 6.54 Å². The third-order valence-electron chi connectivity index (χ3n) is 6.23. The molecule has 10 heteroatoms. The van der Waals surface area contributed by atoms with Crippen LogP contribution in [0.15, 0.2) is 60.7 Å². The van der Waals surface area contributed by atoms with E-state index in [1.165, 1.54) is 29.8 Å². The molecule has 196 valence electrons. The Morgan fingerprint density at radius 2 is 1.71 bits per heavy atom. The van der Waals surface area contributed by atoms with E-state index in [0.29, 0.717) is 5.56 Å². The lowest BCUT2D eigenvalue weighted by molar-refractivity contribution is -0.137. The number of ketones is 1. The monoisotopic (exact) mass is 524 g/mol. The summed E-state index contributed by atoms with van der Waals surface area (Å²) in [5.41, 5.74) is -0.528. The van der Waals surface area contributed by atoms with Crippen molar-refractivity contribution < 1.29 is 37.8 Å². The van der Waals surface area contributed by atoms with Gasteiger partial charge in [-0.25, -0.2) is 4.79 Å². The summed E-state index contributed by atoms with van der Waals surface area (Å²) in [6.45, 7) is 1.72. The minimum atomic E-state index is -4.73. The SMILES string of the molecule is Cc1cccc(C(=O)NCCC(=O)c2c(-c3ccccc3C(F)(F)F)n(C)c3cc(O)c(C(=O)O)cc23)c1. The van der Waals surface area contributed by atoms with Crippen LogP contribution in [0.2, 0.25) is 0 Å². The van der Waals surface area contributed by atoms with E-state index in [4.69, 9.17) is 0 Å². The first-order valence-corrected chi connectivity index (χ1v) is 11.5. The van der Waals surface area contributed by atoms with Gasteiger partial charge in [0.25, 0.3) is 5.91 Å². The molecular weight excluding hydrogens is 501 g/mol. The Morgan fingerprint density at radius 3 is 2.37 bits per heavy atom. The summed E-state index contributed by atoms with van der Waals surface area (Å²) in [4.78, 5) is 37.6. The van der Waals surface area contributed by atoms with Gasteiger partial charge in [-0.1, -0.05) is 35.9 Å². The number of nitrogens with zero attached hydrogens (tertiary/aromatic N) is 1. The smallest absolute Gasteiger partial charge is 0.417 e. The maximum Gasteiger partial charge on any atom is 0.417 e. The number of nitrogens with one attached hydrogen (secondary N) is 1. The second-order valence-electron chi connectivity index (χ2n) is 8.82. The number of carboxylic acid groups (broad SMARTS) is 1. The van der Waals surface area contributed by atoms with Gasteiger partial charge in [0.2, 0.25) is 0 Å². The number of rotatable bonds is 7. The Labute approximate surface area is 215 Å². The van der Waals surface area contributed by atoms with E-state index in [0.717, 1.165) is 23.8 Å². The molecule has 4 aromatic rings. The number of aromatic nitrogens is 1. The van der Waals surface area contributed by atoms with Gasteiger partial charge in [-0.2, -0.15) is 13.2 Å². The van der Waals surface area contributed by atoms with E-state index in [2.05, 4.69) is 5.32 Å².